The first-order valence-electron chi connectivity index (χ1n) is 6.40. The van der Waals surface area contributed by atoms with E-state index >= 15 is 0 Å². The Balaban J connectivity index is 2.07. The van der Waals surface area contributed by atoms with Crippen molar-refractivity contribution in [3.05, 3.63) is 69.8 Å². The summed E-state index contributed by atoms with van der Waals surface area (Å²) in [5.41, 5.74) is 9.25. The van der Waals surface area contributed by atoms with Crippen molar-refractivity contribution in [2.75, 3.05) is 0 Å². The van der Waals surface area contributed by atoms with Crippen LogP contribution in [0, 0.1) is 0 Å². The topological polar surface area (TPSA) is 30.9 Å². The molecule has 0 atom stereocenters. The van der Waals surface area contributed by atoms with Gasteiger partial charge in [0, 0.05) is 24.3 Å². The molecule has 0 spiro atoms. The Bertz CT molecular complexity index is 762. The van der Waals surface area contributed by atoms with Crippen molar-refractivity contribution in [3.8, 4) is 0 Å². The smallest absolute Gasteiger partial charge is 0.0595 e. The van der Waals surface area contributed by atoms with Crippen LogP contribution in [0.3, 0.4) is 0 Å². The van der Waals surface area contributed by atoms with Gasteiger partial charge in [0.05, 0.1) is 10.0 Å². The predicted molar refractivity (Wildman–Crippen MR) is 85.4 cm³/mol. The van der Waals surface area contributed by atoms with Crippen LogP contribution in [0.1, 0.15) is 11.3 Å². The molecule has 2 N–H and O–H groups in total. The van der Waals surface area contributed by atoms with Crippen molar-refractivity contribution >= 4 is 34.1 Å². The van der Waals surface area contributed by atoms with Crippen LogP contribution in [0.2, 0.25) is 10.0 Å². The van der Waals surface area contributed by atoms with Crippen LogP contribution in [0.5, 0.6) is 0 Å². The highest BCUT2D eigenvalue weighted by molar-refractivity contribution is 6.42. The lowest BCUT2D eigenvalue weighted by Gasteiger charge is -2.10. The molecule has 0 saturated heterocycles. The van der Waals surface area contributed by atoms with Crippen molar-refractivity contribution in [2.45, 2.75) is 13.1 Å². The normalized spacial score (nSPS) is 11.2. The molecule has 0 amide bonds. The molecule has 3 rings (SSSR count). The van der Waals surface area contributed by atoms with E-state index in [9.17, 15) is 0 Å². The lowest BCUT2D eigenvalue weighted by Crippen LogP contribution is -2.08. The highest BCUT2D eigenvalue weighted by Crippen LogP contribution is 2.25. The summed E-state index contributed by atoms with van der Waals surface area (Å²) >= 11 is 12.0. The van der Waals surface area contributed by atoms with E-state index in [4.69, 9.17) is 28.9 Å². The largest absolute Gasteiger partial charge is 0.339 e. The third-order valence-corrected chi connectivity index (χ3v) is 4.17. The summed E-state index contributed by atoms with van der Waals surface area (Å²) < 4.78 is 2.22. The summed E-state index contributed by atoms with van der Waals surface area (Å²) in [5, 5.41) is 2.36. The maximum atomic E-state index is 6.08. The Labute approximate surface area is 127 Å². The first-order chi connectivity index (χ1) is 9.69. The van der Waals surface area contributed by atoms with Gasteiger partial charge >= 0.3 is 0 Å². The number of nitrogens with zero attached hydrogens (tertiary/aromatic N) is 1. The van der Waals surface area contributed by atoms with Gasteiger partial charge in [0.15, 0.2) is 0 Å². The number of fused-ring (bicyclic) bond motifs is 1. The van der Waals surface area contributed by atoms with Crippen molar-refractivity contribution in [3.63, 3.8) is 0 Å². The minimum atomic E-state index is 0.510. The Morgan fingerprint density at radius 2 is 1.75 bits per heavy atom. The molecule has 2 aromatic carbocycles. The van der Waals surface area contributed by atoms with Crippen molar-refractivity contribution < 1.29 is 0 Å². The zero-order valence-corrected chi connectivity index (χ0v) is 12.3. The number of para-hydroxylation sites is 1. The second-order valence-corrected chi connectivity index (χ2v) is 5.55. The molecule has 0 aliphatic carbocycles. The van der Waals surface area contributed by atoms with Crippen LogP contribution < -0.4 is 5.73 Å². The molecular formula is C16H14Cl2N2. The predicted octanol–water partition coefficient (Wildman–Crippen LogP) is 4.46. The fourth-order valence-corrected chi connectivity index (χ4v) is 2.76. The Morgan fingerprint density at radius 1 is 0.950 bits per heavy atom. The average molecular weight is 305 g/mol. The highest BCUT2D eigenvalue weighted by Gasteiger charge is 2.08. The third-order valence-electron chi connectivity index (χ3n) is 3.43. The number of benzene rings is 2. The Morgan fingerprint density at radius 3 is 2.50 bits per heavy atom. The molecule has 3 aromatic rings. The molecule has 0 aliphatic heterocycles. The molecule has 0 saturated carbocycles. The minimum Gasteiger partial charge on any atom is -0.339 e. The van der Waals surface area contributed by atoms with Gasteiger partial charge in [-0.05, 0) is 35.2 Å². The minimum absolute atomic E-state index is 0.510. The van der Waals surface area contributed by atoms with Gasteiger partial charge in [-0.1, -0.05) is 47.5 Å². The standard InChI is InChI=1S/C16H14Cl2N2/c17-14-6-5-11(7-15(14)18)10-20-13(9-19)8-12-3-1-2-4-16(12)20/h1-8H,9-10,19H2. The van der Waals surface area contributed by atoms with E-state index in [1.165, 1.54) is 10.9 Å². The Kier molecular flexibility index (Phi) is 3.70. The molecule has 0 fully saturated rings. The molecule has 20 heavy (non-hydrogen) atoms. The van der Waals surface area contributed by atoms with Crippen LogP contribution in [0.15, 0.2) is 48.5 Å². The lowest BCUT2D eigenvalue weighted by molar-refractivity contribution is 0.768. The van der Waals surface area contributed by atoms with Gasteiger partial charge in [-0.3, -0.25) is 0 Å². The molecular weight excluding hydrogens is 291 g/mol. The summed E-state index contributed by atoms with van der Waals surface area (Å²) in [6, 6.07) is 16.1. The summed E-state index contributed by atoms with van der Waals surface area (Å²) in [6.07, 6.45) is 0. The molecule has 1 aromatic heterocycles. The zero-order valence-electron chi connectivity index (χ0n) is 10.8. The number of hydrogen-bond donors (Lipinski definition) is 1. The molecule has 102 valence electrons. The quantitative estimate of drug-likeness (QED) is 0.761. The first kappa shape index (κ1) is 13.5. The SMILES string of the molecule is NCc1cc2ccccc2n1Cc1ccc(Cl)c(Cl)c1. The molecule has 4 heteroatoms. The zero-order chi connectivity index (χ0) is 14.1. The van der Waals surface area contributed by atoms with Crippen LogP contribution in [0.4, 0.5) is 0 Å². The molecule has 0 unspecified atom stereocenters. The van der Waals surface area contributed by atoms with Gasteiger partial charge in [-0.2, -0.15) is 0 Å². The number of rotatable bonds is 3. The molecule has 0 aliphatic rings. The number of hydrogen-bond acceptors (Lipinski definition) is 1. The van der Waals surface area contributed by atoms with Gasteiger partial charge in [-0.25, -0.2) is 0 Å². The van der Waals surface area contributed by atoms with Crippen molar-refractivity contribution in [1.82, 2.24) is 4.57 Å². The molecule has 1 heterocycles. The lowest BCUT2D eigenvalue weighted by atomic mass is 10.2. The van der Waals surface area contributed by atoms with Crippen LogP contribution in [-0.2, 0) is 13.1 Å². The number of halogens is 2. The van der Waals surface area contributed by atoms with Gasteiger partial charge in [0.2, 0.25) is 0 Å². The fourth-order valence-electron chi connectivity index (χ4n) is 2.44. The number of aromatic nitrogens is 1. The first-order valence-corrected chi connectivity index (χ1v) is 7.16. The van der Waals surface area contributed by atoms with Gasteiger partial charge in [-0.15, -0.1) is 0 Å². The average Bonchev–Trinajstić information content (AvgIpc) is 2.81. The van der Waals surface area contributed by atoms with Crippen LogP contribution in [-0.4, -0.2) is 4.57 Å². The summed E-state index contributed by atoms with van der Waals surface area (Å²) in [7, 11) is 0. The van der Waals surface area contributed by atoms with Crippen molar-refractivity contribution in [2.24, 2.45) is 5.73 Å². The van der Waals surface area contributed by atoms with E-state index in [1.807, 2.05) is 30.3 Å². The van der Waals surface area contributed by atoms with E-state index in [0.717, 1.165) is 17.8 Å². The van der Waals surface area contributed by atoms with Gasteiger partial charge in [0.25, 0.3) is 0 Å². The molecule has 0 radical (unpaired) electrons. The van der Waals surface area contributed by atoms with E-state index in [-0.39, 0.29) is 0 Å². The fraction of sp³-hybridized carbons (Fsp3) is 0.125. The van der Waals surface area contributed by atoms with Crippen molar-refractivity contribution in [1.29, 1.82) is 0 Å². The summed E-state index contributed by atoms with van der Waals surface area (Å²) in [4.78, 5) is 0. The molecule has 2 nitrogen and oxygen atoms in total. The van der Waals surface area contributed by atoms with E-state index in [0.29, 0.717) is 16.6 Å². The van der Waals surface area contributed by atoms with Gasteiger partial charge < -0.3 is 10.3 Å². The van der Waals surface area contributed by atoms with Crippen LogP contribution >= 0.6 is 23.2 Å². The molecule has 0 bridgehead atoms. The van der Waals surface area contributed by atoms with Crippen LogP contribution in [0.25, 0.3) is 10.9 Å². The highest BCUT2D eigenvalue weighted by atomic mass is 35.5. The van der Waals surface area contributed by atoms with E-state index in [2.05, 4.69) is 22.8 Å². The van der Waals surface area contributed by atoms with Gasteiger partial charge in [0.1, 0.15) is 0 Å². The number of nitrogens with two attached hydrogens (primary N) is 1. The Hall–Kier alpha value is -1.48. The van der Waals surface area contributed by atoms with E-state index in [1.54, 1.807) is 0 Å². The third kappa shape index (κ3) is 2.42. The maximum Gasteiger partial charge on any atom is 0.0595 e. The maximum absolute atomic E-state index is 6.08. The summed E-state index contributed by atoms with van der Waals surface area (Å²) in [6.45, 7) is 1.24. The summed E-state index contributed by atoms with van der Waals surface area (Å²) in [5.74, 6) is 0. The monoisotopic (exact) mass is 304 g/mol. The van der Waals surface area contributed by atoms with E-state index < -0.39 is 0 Å². The second kappa shape index (κ2) is 5.49. The second-order valence-electron chi connectivity index (χ2n) is 4.73.